The number of esters is 1. The molecule has 1 saturated carbocycles. The summed E-state index contributed by atoms with van der Waals surface area (Å²) in [7, 11) is 0. The molecule has 0 atom stereocenters. The second-order valence-corrected chi connectivity index (χ2v) is 7.82. The molecule has 4 amide bonds. The molecule has 1 spiro atoms. The first-order valence-corrected chi connectivity index (χ1v) is 9.45. The second-order valence-electron chi connectivity index (χ2n) is 7.82. The monoisotopic (exact) mass is 387 g/mol. The average Bonchev–Trinajstić information content (AvgIpc) is 2.91. The number of carbonyl (C=O) groups excluding carboxylic acids is 4. The lowest BCUT2D eigenvalue weighted by atomic mass is 9.82. The van der Waals surface area contributed by atoms with Crippen molar-refractivity contribution in [2.24, 2.45) is 0 Å². The van der Waals surface area contributed by atoms with Crippen molar-refractivity contribution < 1.29 is 23.9 Å². The normalized spacial score (nSPS) is 18.7. The summed E-state index contributed by atoms with van der Waals surface area (Å²) in [5, 5.41) is 3.40. The van der Waals surface area contributed by atoms with Gasteiger partial charge in [-0.3, -0.25) is 19.8 Å². The van der Waals surface area contributed by atoms with E-state index in [1.807, 2.05) is 18.2 Å². The summed E-state index contributed by atoms with van der Waals surface area (Å²) in [5.41, 5.74) is 1.15. The van der Waals surface area contributed by atoms with Gasteiger partial charge in [-0.2, -0.15) is 5.01 Å². The molecule has 1 aromatic carbocycles. The standard InChI is InChI=1S/C20H25N3O5/c1-19(2,14-9-5-3-6-10-14)17(26)28-13-15(24)22-23-16(25)20(21-18(23)27)11-7-4-8-12-20/h3,5-6,9-10H,4,7-8,11-13H2,1-2H3,(H,21,27)(H,22,24). The van der Waals surface area contributed by atoms with Crippen LogP contribution in [0.15, 0.2) is 30.3 Å². The SMILES string of the molecule is CC(C)(C(=O)OCC(=O)NN1C(=O)NC2(CCCCC2)C1=O)c1ccccc1. The van der Waals surface area contributed by atoms with Gasteiger partial charge in [-0.15, -0.1) is 0 Å². The Morgan fingerprint density at radius 3 is 2.43 bits per heavy atom. The van der Waals surface area contributed by atoms with E-state index in [2.05, 4.69) is 10.7 Å². The Labute approximate surface area is 163 Å². The fourth-order valence-electron chi connectivity index (χ4n) is 3.66. The number of carbonyl (C=O) groups is 4. The first-order chi connectivity index (χ1) is 13.3. The summed E-state index contributed by atoms with van der Waals surface area (Å²) in [4.78, 5) is 49.4. The van der Waals surface area contributed by atoms with Crippen molar-refractivity contribution in [2.75, 3.05) is 6.61 Å². The van der Waals surface area contributed by atoms with Gasteiger partial charge in [0.2, 0.25) is 0 Å². The number of nitrogens with zero attached hydrogens (tertiary/aromatic N) is 1. The fourth-order valence-corrected chi connectivity index (χ4v) is 3.66. The maximum atomic E-state index is 12.6. The minimum absolute atomic E-state index is 0.457. The molecule has 0 aromatic heterocycles. The molecule has 1 aromatic rings. The van der Waals surface area contributed by atoms with Crippen molar-refractivity contribution in [3.8, 4) is 0 Å². The maximum absolute atomic E-state index is 12.6. The minimum Gasteiger partial charge on any atom is -0.455 e. The predicted octanol–water partition coefficient (Wildman–Crippen LogP) is 1.79. The summed E-state index contributed by atoms with van der Waals surface area (Å²) in [6.07, 6.45) is 3.83. The van der Waals surface area contributed by atoms with Gasteiger partial charge >= 0.3 is 12.0 Å². The van der Waals surface area contributed by atoms with Crippen LogP contribution in [0.25, 0.3) is 0 Å². The molecule has 0 bridgehead atoms. The van der Waals surface area contributed by atoms with E-state index >= 15 is 0 Å². The number of urea groups is 1. The summed E-state index contributed by atoms with van der Waals surface area (Å²) in [5.74, 6) is -1.77. The molecule has 28 heavy (non-hydrogen) atoms. The number of rotatable bonds is 5. The van der Waals surface area contributed by atoms with Crippen molar-refractivity contribution in [3.63, 3.8) is 0 Å². The first kappa shape index (κ1) is 19.9. The van der Waals surface area contributed by atoms with Gasteiger partial charge < -0.3 is 10.1 Å². The van der Waals surface area contributed by atoms with E-state index in [1.54, 1.807) is 26.0 Å². The van der Waals surface area contributed by atoms with Crippen LogP contribution >= 0.6 is 0 Å². The number of benzene rings is 1. The summed E-state index contributed by atoms with van der Waals surface area (Å²) < 4.78 is 5.12. The Morgan fingerprint density at radius 1 is 1.14 bits per heavy atom. The van der Waals surface area contributed by atoms with E-state index in [0.717, 1.165) is 24.8 Å². The van der Waals surface area contributed by atoms with Crippen molar-refractivity contribution in [2.45, 2.75) is 56.9 Å². The van der Waals surface area contributed by atoms with Gasteiger partial charge in [0.05, 0.1) is 5.41 Å². The third-order valence-corrected chi connectivity index (χ3v) is 5.45. The Hall–Kier alpha value is -2.90. The maximum Gasteiger partial charge on any atom is 0.344 e. The number of nitrogens with one attached hydrogen (secondary N) is 2. The molecule has 2 fully saturated rings. The van der Waals surface area contributed by atoms with Crippen LogP contribution in [0.4, 0.5) is 4.79 Å². The zero-order chi connectivity index (χ0) is 20.4. The molecule has 1 aliphatic carbocycles. The molecule has 0 radical (unpaired) electrons. The third-order valence-electron chi connectivity index (χ3n) is 5.45. The lowest BCUT2D eigenvalue weighted by Crippen LogP contribution is -2.51. The number of hydrogen-bond donors (Lipinski definition) is 2. The summed E-state index contributed by atoms with van der Waals surface area (Å²) >= 11 is 0. The molecule has 1 heterocycles. The van der Waals surface area contributed by atoms with E-state index in [4.69, 9.17) is 4.74 Å². The summed E-state index contributed by atoms with van der Waals surface area (Å²) in [6, 6.07) is 8.42. The van der Waals surface area contributed by atoms with Crippen molar-refractivity contribution >= 4 is 23.8 Å². The highest BCUT2D eigenvalue weighted by Crippen LogP contribution is 2.33. The van der Waals surface area contributed by atoms with E-state index < -0.39 is 41.4 Å². The van der Waals surface area contributed by atoms with Gasteiger partial charge in [-0.25, -0.2) is 4.79 Å². The second kappa shape index (κ2) is 7.61. The summed E-state index contributed by atoms with van der Waals surface area (Å²) in [6.45, 7) is 2.82. The molecule has 0 unspecified atom stereocenters. The van der Waals surface area contributed by atoms with Crippen LogP contribution in [-0.4, -0.2) is 41.0 Å². The van der Waals surface area contributed by atoms with Crippen molar-refractivity contribution in [1.82, 2.24) is 15.8 Å². The van der Waals surface area contributed by atoms with Crippen LogP contribution in [-0.2, 0) is 24.5 Å². The molecular formula is C20H25N3O5. The Morgan fingerprint density at radius 2 is 1.79 bits per heavy atom. The number of hydrogen-bond acceptors (Lipinski definition) is 5. The molecule has 8 heteroatoms. The number of imide groups is 1. The molecule has 2 N–H and O–H groups in total. The number of hydrazine groups is 1. The van der Waals surface area contributed by atoms with E-state index in [-0.39, 0.29) is 0 Å². The van der Waals surface area contributed by atoms with E-state index in [0.29, 0.717) is 17.9 Å². The fraction of sp³-hybridized carbons (Fsp3) is 0.500. The van der Waals surface area contributed by atoms with Gasteiger partial charge in [0.25, 0.3) is 11.8 Å². The van der Waals surface area contributed by atoms with Crippen LogP contribution < -0.4 is 10.7 Å². The highest BCUT2D eigenvalue weighted by molar-refractivity contribution is 6.08. The molecule has 3 rings (SSSR count). The third kappa shape index (κ3) is 3.72. The highest BCUT2D eigenvalue weighted by Gasteiger charge is 2.52. The van der Waals surface area contributed by atoms with Crippen LogP contribution in [0.5, 0.6) is 0 Å². The molecule has 1 aliphatic heterocycles. The van der Waals surface area contributed by atoms with Crippen LogP contribution in [0.3, 0.4) is 0 Å². The quantitative estimate of drug-likeness (QED) is 0.592. The Kier molecular flexibility index (Phi) is 5.40. The topological polar surface area (TPSA) is 105 Å². The Balaban J connectivity index is 1.56. The predicted molar refractivity (Wildman–Crippen MR) is 99.8 cm³/mol. The van der Waals surface area contributed by atoms with Gasteiger partial charge in [0, 0.05) is 0 Å². The van der Waals surface area contributed by atoms with Crippen molar-refractivity contribution in [3.05, 3.63) is 35.9 Å². The molecule has 1 saturated heterocycles. The lowest BCUT2D eigenvalue weighted by molar-refractivity contribution is -0.154. The molecule has 8 nitrogen and oxygen atoms in total. The number of ether oxygens (including phenoxy) is 1. The van der Waals surface area contributed by atoms with Gasteiger partial charge in [-0.05, 0) is 32.3 Å². The number of amides is 4. The van der Waals surface area contributed by atoms with Crippen molar-refractivity contribution in [1.29, 1.82) is 0 Å². The zero-order valence-electron chi connectivity index (χ0n) is 16.1. The van der Waals surface area contributed by atoms with Gasteiger partial charge in [0.1, 0.15) is 5.54 Å². The molecule has 2 aliphatic rings. The molecule has 150 valence electrons. The van der Waals surface area contributed by atoms with Gasteiger partial charge in [0.15, 0.2) is 6.61 Å². The minimum atomic E-state index is -0.936. The average molecular weight is 387 g/mol. The highest BCUT2D eigenvalue weighted by atomic mass is 16.5. The van der Waals surface area contributed by atoms with E-state index in [1.165, 1.54) is 0 Å². The van der Waals surface area contributed by atoms with Gasteiger partial charge in [-0.1, -0.05) is 49.6 Å². The zero-order valence-corrected chi connectivity index (χ0v) is 16.1. The van der Waals surface area contributed by atoms with Crippen LogP contribution in [0.2, 0.25) is 0 Å². The smallest absolute Gasteiger partial charge is 0.344 e. The molecular weight excluding hydrogens is 362 g/mol. The van der Waals surface area contributed by atoms with E-state index in [9.17, 15) is 19.2 Å². The Bertz CT molecular complexity index is 784. The largest absolute Gasteiger partial charge is 0.455 e. The van der Waals surface area contributed by atoms with Crippen LogP contribution in [0, 0.1) is 0 Å². The van der Waals surface area contributed by atoms with Crippen LogP contribution in [0.1, 0.15) is 51.5 Å². The lowest BCUT2D eigenvalue weighted by Gasteiger charge is -2.30. The first-order valence-electron chi connectivity index (χ1n) is 9.45.